The average Bonchev–Trinajstić information content (AvgIpc) is 3.21. The standard InChI is InChI=1S/C27H26FN3O3/c1-3-23-20-8-9-24(30-23)22-14-18-17-29-31(2)25(18)16-27(22)33-11-5-4-10-32-12-13-34-26-15-19(28)6-7-21(20)26/h4-9,14-17H,3,10-13H2,1-2H3/b5-4+. The molecule has 174 valence electrons. The summed E-state index contributed by atoms with van der Waals surface area (Å²) in [5.74, 6) is 0.871. The highest BCUT2D eigenvalue weighted by Gasteiger charge is 2.17. The maximum Gasteiger partial charge on any atom is 0.131 e. The SMILES string of the molecule is CCc1nc2ccc1-c1ccc(F)cc1OCCOC/C=C/COc1cc3c(cnn3C)cc1-2. The summed E-state index contributed by atoms with van der Waals surface area (Å²) in [6.45, 7) is 3.61. The van der Waals surface area contributed by atoms with E-state index in [1.807, 2.05) is 48.3 Å². The Kier molecular flexibility index (Phi) is 6.27. The predicted molar refractivity (Wildman–Crippen MR) is 130 cm³/mol. The fourth-order valence-corrected chi connectivity index (χ4v) is 4.14. The third kappa shape index (κ3) is 4.39. The van der Waals surface area contributed by atoms with Gasteiger partial charge in [0.05, 0.1) is 30.6 Å². The molecule has 0 saturated carbocycles. The van der Waals surface area contributed by atoms with Crippen LogP contribution >= 0.6 is 0 Å². The lowest BCUT2D eigenvalue weighted by molar-refractivity contribution is 0.121. The van der Waals surface area contributed by atoms with Crippen LogP contribution in [0.2, 0.25) is 0 Å². The monoisotopic (exact) mass is 459 g/mol. The van der Waals surface area contributed by atoms with E-state index in [9.17, 15) is 4.39 Å². The molecule has 0 unspecified atom stereocenters. The number of halogens is 1. The fraction of sp³-hybridized carbons (Fsp3) is 0.259. The normalized spacial score (nSPS) is 15.1. The molecule has 2 aliphatic rings. The minimum atomic E-state index is -0.345. The predicted octanol–water partition coefficient (Wildman–Crippen LogP) is 5.35. The Hall–Kier alpha value is -3.71. The van der Waals surface area contributed by atoms with Crippen molar-refractivity contribution in [2.75, 3.05) is 26.4 Å². The van der Waals surface area contributed by atoms with Gasteiger partial charge in [-0.1, -0.05) is 19.1 Å². The largest absolute Gasteiger partial charge is 0.490 e. The van der Waals surface area contributed by atoms with E-state index in [1.165, 1.54) is 12.1 Å². The van der Waals surface area contributed by atoms with Crippen LogP contribution in [0.15, 0.2) is 60.8 Å². The molecule has 0 N–H and O–H groups in total. The van der Waals surface area contributed by atoms with Crippen LogP contribution in [-0.4, -0.2) is 41.2 Å². The number of aryl methyl sites for hydroxylation is 2. The van der Waals surface area contributed by atoms with Crippen LogP contribution in [0, 0.1) is 5.82 Å². The second-order valence-corrected chi connectivity index (χ2v) is 8.07. The number of benzene rings is 2. The summed E-state index contributed by atoms with van der Waals surface area (Å²) in [6, 6.07) is 12.7. The van der Waals surface area contributed by atoms with E-state index in [2.05, 4.69) is 18.1 Å². The van der Waals surface area contributed by atoms with Gasteiger partial charge in [0.25, 0.3) is 0 Å². The summed E-state index contributed by atoms with van der Waals surface area (Å²) in [4.78, 5) is 5.00. The van der Waals surface area contributed by atoms with Crippen LogP contribution in [0.5, 0.6) is 11.5 Å². The Labute approximate surface area is 197 Å². The molecule has 34 heavy (non-hydrogen) atoms. The molecule has 2 bridgehead atoms. The van der Waals surface area contributed by atoms with E-state index < -0.39 is 0 Å². The Balaban J connectivity index is 1.67. The molecule has 4 aromatic rings. The van der Waals surface area contributed by atoms with E-state index >= 15 is 0 Å². The van der Waals surface area contributed by atoms with Crippen molar-refractivity contribution in [3.8, 4) is 33.9 Å². The number of nitrogens with zero attached hydrogens (tertiary/aromatic N) is 3. The highest BCUT2D eigenvalue weighted by Crippen LogP contribution is 2.37. The van der Waals surface area contributed by atoms with Crippen LogP contribution < -0.4 is 9.47 Å². The summed E-state index contributed by atoms with van der Waals surface area (Å²) in [7, 11) is 1.91. The van der Waals surface area contributed by atoms with E-state index in [-0.39, 0.29) is 5.82 Å². The van der Waals surface area contributed by atoms with Gasteiger partial charge >= 0.3 is 0 Å². The maximum absolute atomic E-state index is 14.0. The summed E-state index contributed by atoms with van der Waals surface area (Å²) >= 11 is 0. The first-order chi connectivity index (χ1) is 16.6. The highest BCUT2D eigenvalue weighted by molar-refractivity contribution is 5.88. The minimum absolute atomic E-state index is 0.319. The first kappa shape index (κ1) is 22.1. The fourth-order valence-electron chi connectivity index (χ4n) is 4.14. The molecule has 7 heteroatoms. The van der Waals surface area contributed by atoms with Gasteiger partial charge in [0, 0.05) is 47.0 Å². The van der Waals surface area contributed by atoms with Crippen LogP contribution in [0.25, 0.3) is 33.3 Å². The Morgan fingerprint density at radius 2 is 1.74 bits per heavy atom. The number of aromatic nitrogens is 3. The molecule has 0 spiro atoms. The molecular weight excluding hydrogens is 433 g/mol. The van der Waals surface area contributed by atoms with Gasteiger partial charge in [-0.25, -0.2) is 4.39 Å². The molecular formula is C27H26FN3O3. The number of hydrogen-bond acceptors (Lipinski definition) is 5. The van der Waals surface area contributed by atoms with Crippen molar-refractivity contribution >= 4 is 10.9 Å². The van der Waals surface area contributed by atoms with Crippen molar-refractivity contribution < 1.29 is 18.6 Å². The summed E-state index contributed by atoms with van der Waals surface area (Å²) < 4.78 is 33.5. The second-order valence-electron chi connectivity index (χ2n) is 8.07. The summed E-state index contributed by atoms with van der Waals surface area (Å²) in [6.07, 6.45) is 6.38. The van der Waals surface area contributed by atoms with Crippen molar-refractivity contribution in [2.24, 2.45) is 7.05 Å². The highest BCUT2D eigenvalue weighted by atomic mass is 19.1. The molecule has 0 atom stereocenters. The molecule has 0 aliphatic carbocycles. The lowest BCUT2D eigenvalue weighted by Gasteiger charge is -2.16. The number of ether oxygens (including phenoxy) is 3. The minimum Gasteiger partial charge on any atom is -0.490 e. The smallest absolute Gasteiger partial charge is 0.131 e. The van der Waals surface area contributed by atoms with E-state index in [0.29, 0.717) is 38.6 Å². The lowest BCUT2D eigenvalue weighted by Crippen LogP contribution is -2.08. The van der Waals surface area contributed by atoms with Crippen molar-refractivity contribution in [3.63, 3.8) is 0 Å². The molecule has 0 radical (unpaired) electrons. The maximum atomic E-state index is 14.0. The zero-order valence-corrected chi connectivity index (χ0v) is 19.3. The van der Waals surface area contributed by atoms with E-state index in [4.69, 9.17) is 19.2 Å². The quantitative estimate of drug-likeness (QED) is 0.359. The molecule has 4 heterocycles. The van der Waals surface area contributed by atoms with Crippen molar-refractivity contribution in [1.29, 1.82) is 0 Å². The topological polar surface area (TPSA) is 58.4 Å². The summed E-state index contributed by atoms with van der Waals surface area (Å²) in [5, 5.41) is 5.39. The van der Waals surface area contributed by atoms with Crippen LogP contribution in [-0.2, 0) is 18.2 Å². The van der Waals surface area contributed by atoms with Gasteiger partial charge in [-0.3, -0.25) is 9.67 Å². The zero-order chi connectivity index (χ0) is 23.5. The van der Waals surface area contributed by atoms with Gasteiger partial charge in [0.15, 0.2) is 0 Å². The van der Waals surface area contributed by atoms with Gasteiger partial charge in [-0.15, -0.1) is 0 Å². The number of hydrogen-bond donors (Lipinski definition) is 0. The van der Waals surface area contributed by atoms with Gasteiger partial charge < -0.3 is 14.2 Å². The van der Waals surface area contributed by atoms with Gasteiger partial charge in [-0.2, -0.15) is 5.10 Å². The van der Waals surface area contributed by atoms with Gasteiger partial charge in [-0.05, 0) is 36.8 Å². The molecule has 2 aliphatic heterocycles. The Bertz CT molecular complexity index is 1360. The van der Waals surface area contributed by atoms with Gasteiger partial charge in [0.2, 0.25) is 0 Å². The third-order valence-corrected chi connectivity index (χ3v) is 5.87. The Morgan fingerprint density at radius 3 is 2.62 bits per heavy atom. The van der Waals surface area contributed by atoms with E-state index in [0.717, 1.165) is 44.7 Å². The van der Waals surface area contributed by atoms with Crippen LogP contribution in [0.3, 0.4) is 0 Å². The third-order valence-electron chi connectivity index (χ3n) is 5.87. The molecule has 2 aromatic carbocycles. The van der Waals surface area contributed by atoms with Gasteiger partial charge in [0.1, 0.15) is 30.5 Å². The number of fused-ring (bicyclic) bond motifs is 10. The van der Waals surface area contributed by atoms with Crippen LogP contribution in [0.4, 0.5) is 4.39 Å². The molecule has 6 rings (SSSR count). The van der Waals surface area contributed by atoms with Crippen LogP contribution in [0.1, 0.15) is 12.6 Å². The van der Waals surface area contributed by atoms with Crippen molar-refractivity contribution in [3.05, 3.63) is 72.3 Å². The Morgan fingerprint density at radius 1 is 0.912 bits per heavy atom. The zero-order valence-electron chi connectivity index (χ0n) is 19.3. The van der Waals surface area contributed by atoms with E-state index in [1.54, 1.807) is 6.07 Å². The molecule has 0 saturated heterocycles. The number of pyridine rings is 1. The number of rotatable bonds is 1. The molecule has 6 nitrogen and oxygen atoms in total. The average molecular weight is 460 g/mol. The van der Waals surface area contributed by atoms with Crippen molar-refractivity contribution in [2.45, 2.75) is 13.3 Å². The molecule has 0 fully saturated rings. The lowest BCUT2D eigenvalue weighted by atomic mass is 9.99. The molecule has 2 aromatic heterocycles. The molecule has 0 amide bonds. The first-order valence-corrected chi connectivity index (χ1v) is 11.4. The first-order valence-electron chi connectivity index (χ1n) is 11.4. The van der Waals surface area contributed by atoms with Crippen molar-refractivity contribution in [1.82, 2.24) is 14.8 Å². The summed E-state index contributed by atoms with van der Waals surface area (Å²) in [5.41, 5.74) is 5.30. The second kappa shape index (κ2) is 9.65.